The van der Waals surface area contributed by atoms with Gasteiger partial charge in [0, 0.05) is 17.4 Å². The lowest BCUT2D eigenvalue weighted by molar-refractivity contribution is 0.00721. The van der Waals surface area contributed by atoms with E-state index in [2.05, 4.69) is 27.4 Å². The Kier molecular flexibility index (Phi) is 5.14. The molecule has 1 fully saturated rings. The molecule has 0 bridgehead atoms. The first-order valence-corrected chi connectivity index (χ1v) is 9.56. The Morgan fingerprint density at radius 2 is 2.07 bits per heavy atom. The lowest BCUT2D eigenvalue weighted by Crippen LogP contribution is -2.26. The number of anilines is 1. The van der Waals surface area contributed by atoms with Gasteiger partial charge in [0.05, 0.1) is 11.6 Å². The molecular weight excluding hydrogens is 358 g/mol. The average Bonchev–Trinajstić information content (AvgIpc) is 3.16. The molecular formula is C21H23N3O4. The Hall–Kier alpha value is -3.09. The van der Waals surface area contributed by atoms with Crippen LogP contribution in [0, 0.1) is 6.92 Å². The Bertz CT molecular complexity index is 921. The molecule has 1 aromatic heterocycles. The van der Waals surface area contributed by atoms with Crippen LogP contribution in [0.2, 0.25) is 0 Å². The van der Waals surface area contributed by atoms with Gasteiger partial charge >= 0.3 is 6.16 Å². The van der Waals surface area contributed by atoms with Gasteiger partial charge in [-0.3, -0.25) is 4.79 Å². The van der Waals surface area contributed by atoms with E-state index in [1.54, 1.807) is 6.20 Å². The largest absolute Gasteiger partial charge is 0.508 e. The molecule has 4 rings (SSSR count). The number of amides is 1. The fourth-order valence-electron chi connectivity index (χ4n) is 3.60. The summed E-state index contributed by atoms with van der Waals surface area (Å²) >= 11 is 0. The minimum atomic E-state index is -0.621. The van der Waals surface area contributed by atoms with Crippen LogP contribution in [0.4, 0.5) is 10.5 Å². The van der Waals surface area contributed by atoms with Crippen molar-refractivity contribution in [3.63, 3.8) is 0 Å². The van der Waals surface area contributed by atoms with Crippen LogP contribution in [0.25, 0.3) is 5.57 Å². The quantitative estimate of drug-likeness (QED) is 0.775. The highest BCUT2D eigenvalue weighted by molar-refractivity contribution is 6.03. The summed E-state index contributed by atoms with van der Waals surface area (Å²) in [6.07, 6.45) is 7.65. The molecule has 1 aliphatic carbocycles. The van der Waals surface area contributed by atoms with Crippen molar-refractivity contribution >= 4 is 23.3 Å². The van der Waals surface area contributed by atoms with Crippen molar-refractivity contribution in [2.45, 2.75) is 38.5 Å². The third-order valence-corrected chi connectivity index (χ3v) is 5.13. The van der Waals surface area contributed by atoms with Gasteiger partial charge in [-0.1, -0.05) is 12.1 Å². The lowest BCUT2D eigenvalue weighted by atomic mass is 9.89. The fourth-order valence-corrected chi connectivity index (χ4v) is 3.60. The Morgan fingerprint density at radius 1 is 1.25 bits per heavy atom. The Labute approximate surface area is 163 Å². The molecule has 146 valence electrons. The maximum Gasteiger partial charge on any atom is 0.508 e. The highest BCUT2D eigenvalue weighted by atomic mass is 16.7. The molecule has 0 radical (unpaired) electrons. The third kappa shape index (κ3) is 3.93. The van der Waals surface area contributed by atoms with Crippen LogP contribution in [0.1, 0.15) is 59.0 Å². The SMILES string of the molecule is Cc1c[nH]c(C(=O)Nc2ccc(C3COC(=O)OC3)cc2C2=CCCCC2)n1. The molecule has 2 aromatic rings. The fraction of sp³-hybridized carbons (Fsp3) is 0.381. The van der Waals surface area contributed by atoms with Gasteiger partial charge in [-0.05, 0) is 55.9 Å². The summed E-state index contributed by atoms with van der Waals surface area (Å²) in [5.74, 6) is 0.00398. The van der Waals surface area contributed by atoms with E-state index in [9.17, 15) is 9.59 Å². The zero-order valence-corrected chi connectivity index (χ0v) is 15.8. The number of aromatic amines is 1. The number of nitrogens with one attached hydrogen (secondary N) is 2. The van der Waals surface area contributed by atoms with Crippen molar-refractivity contribution in [3.8, 4) is 0 Å². The maximum atomic E-state index is 12.6. The first kappa shape index (κ1) is 18.3. The number of hydrogen-bond acceptors (Lipinski definition) is 5. The molecule has 0 saturated carbocycles. The Morgan fingerprint density at radius 3 is 2.75 bits per heavy atom. The Balaban J connectivity index is 1.64. The molecule has 2 heterocycles. The number of hydrogen-bond donors (Lipinski definition) is 2. The van der Waals surface area contributed by atoms with Gasteiger partial charge in [0.2, 0.25) is 0 Å². The molecule has 1 amide bonds. The number of cyclic esters (lactones) is 2. The van der Waals surface area contributed by atoms with E-state index in [1.807, 2.05) is 19.1 Å². The van der Waals surface area contributed by atoms with Crippen molar-refractivity contribution in [1.29, 1.82) is 0 Å². The summed E-state index contributed by atoms with van der Waals surface area (Å²) in [5, 5.41) is 2.98. The number of nitrogens with zero attached hydrogens (tertiary/aromatic N) is 1. The minimum absolute atomic E-state index is 0.0156. The molecule has 2 N–H and O–H groups in total. The van der Waals surface area contributed by atoms with Crippen LogP contribution >= 0.6 is 0 Å². The second kappa shape index (κ2) is 7.88. The number of carbonyl (C=O) groups is 2. The number of carbonyl (C=O) groups excluding carboxylic acids is 2. The third-order valence-electron chi connectivity index (χ3n) is 5.13. The smallest absolute Gasteiger partial charge is 0.434 e. The zero-order chi connectivity index (χ0) is 19.5. The van der Waals surface area contributed by atoms with Gasteiger partial charge < -0.3 is 19.8 Å². The van der Waals surface area contributed by atoms with E-state index in [-0.39, 0.29) is 17.6 Å². The molecule has 1 aromatic carbocycles. The van der Waals surface area contributed by atoms with Crippen molar-refractivity contribution in [3.05, 3.63) is 53.1 Å². The normalized spacial score (nSPS) is 17.5. The number of aryl methyl sites for hydroxylation is 1. The number of rotatable bonds is 4. The van der Waals surface area contributed by atoms with Gasteiger partial charge in [0.15, 0.2) is 5.82 Å². The van der Waals surface area contributed by atoms with Crippen LogP contribution in [-0.4, -0.2) is 35.2 Å². The molecule has 7 nitrogen and oxygen atoms in total. The standard InChI is InChI=1S/C21H23N3O4/c1-13-10-22-19(23-13)20(25)24-18-8-7-15(16-11-27-21(26)28-12-16)9-17(18)14-5-3-2-4-6-14/h5,7-10,16H,2-4,6,11-12H2,1H3,(H,22,23)(H,24,25). The summed E-state index contributed by atoms with van der Waals surface area (Å²) in [4.78, 5) is 30.8. The zero-order valence-electron chi connectivity index (χ0n) is 15.8. The number of H-pyrrole nitrogens is 1. The predicted molar refractivity (Wildman–Crippen MR) is 104 cm³/mol. The van der Waals surface area contributed by atoms with Crippen LogP contribution in [0.5, 0.6) is 0 Å². The second-order valence-corrected chi connectivity index (χ2v) is 7.19. The number of ether oxygens (including phenoxy) is 2. The molecule has 1 saturated heterocycles. The van der Waals surface area contributed by atoms with E-state index in [4.69, 9.17) is 9.47 Å². The monoisotopic (exact) mass is 381 g/mol. The maximum absolute atomic E-state index is 12.6. The molecule has 7 heteroatoms. The second-order valence-electron chi connectivity index (χ2n) is 7.19. The van der Waals surface area contributed by atoms with Gasteiger partial charge in [0.1, 0.15) is 13.2 Å². The topological polar surface area (TPSA) is 93.3 Å². The average molecular weight is 381 g/mol. The highest BCUT2D eigenvalue weighted by Gasteiger charge is 2.24. The lowest BCUT2D eigenvalue weighted by Gasteiger charge is -2.24. The van der Waals surface area contributed by atoms with E-state index in [1.165, 1.54) is 12.0 Å². The van der Waals surface area contributed by atoms with Crippen molar-refractivity contribution < 1.29 is 19.1 Å². The molecule has 0 atom stereocenters. The van der Waals surface area contributed by atoms with Crippen LogP contribution in [0.3, 0.4) is 0 Å². The van der Waals surface area contributed by atoms with Crippen molar-refractivity contribution in [1.82, 2.24) is 9.97 Å². The van der Waals surface area contributed by atoms with Crippen LogP contribution < -0.4 is 5.32 Å². The summed E-state index contributed by atoms with van der Waals surface area (Å²) in [6.45, 7) is 2.43. The molecule has 2 aliphatic rings. The van der Waals surface area contributed by atoms with Crippen molar-refractivity contribution in [2.24, 2.45) is 0 Å². The first-order chi connectivity index (χ1) is 13.6. The highest BCUT2D eigenvalue weighted by Crippen LogP contribution is 2.34. The number of imidazole rings is 1. The van der Waals surface area contributed by atoms with E-state index in [0.29, 0.717) is 13.2 Å². The van der Waals surface area contributed by atoms with Gasteiger partial charge in [-0.15, -0.1) is 0 Å². The summed E-state index contributed by atoms with van der Waals surface area (Å²) in [5.41, 5.74) is 4.78. The molecule has 0 unspecified atom stereocenters. The van der Waals surface area contributed by atoms with Crippen molar-refractivity contribution in [2.75, 3.05) is 18.5 Å². The van der Waals surface area contributed by atoms with Gasteiger partial charge in [0.25, 0.3) is 5.91 Å². The first-order valence-electron chi connectivity index (χ1n) is 9.56. The molecule has 28 heavy (non-hydrogen) atoms. The number of aromatic nitrogens is 2. The number of allylic oxidation sites excluding steroid dienone is 2. The van der Waals surface area contributed by atoms with E-state index < -0.39 is 6.16 Å². The minimum Gasteiger partial charge on any atom is -0.434 e. The van der Waals surface area contributed by atoms with Gasteiger partial charge in [-0.2, -0.15) is 0 Å². The summed E-state index contributed by atoms with van der Waals surface area (Å²) < 4.78 is 10.1. The predicted octanol–water partition coefficient (Wildman–Crippen LogP) is 4.18. The number of benzene rings is 1. The van der Waals surface area contributed by atoms with Crippen LogP contribution in [-0.2, 0) is 9.47 Å². The molecule has 0 spiro atoms. The summed E-state index contributed by atoms with van der Waals surface area (Å²) in [7, 11) is 0. The van der Waals surface area contributed by atoms with E-state index >= 15 is 0 Å². The van der Waals surface area contributed by atoms with E-state index in [0.717, 1.165) is 41.8 Å². The van der Waals surface area contributed by atoms with Crippen LogP contribution in [0.15, 0.2) is 30.5 Å². The summed E-state index contributed by atoms with van der Waals surface area (Å²) in [6, 6.07) is 5.93. The molecule has 1 aliphatic heterocycles. The van der Waals surface area contributed by atoms with Gasteiger partial charge in [-0.25, -0.2) is 9.78 Å².